The van der Waals surface area contributed by atoms with E-state index in [4.69, 9.17) is 4.74 Å². The number of carbonyl (C=O) groups is 1. The second-order valence-corrected chi connectivity index (χ2v) is 6.35. The summed E-state index contributed by atoms with van der Waals surface area (Å²) in [6, 6.07) is 12.8. The lowest BCUT2D eigenvalue weighted by Crippen LogP contribution is -2.38. The second-order valence-electron chi connectivity index (χ2n) is 6.35. The number of halogens is 1. The summed E-state index contributed by atoms with van der Waals surface area (Å²) in [7, 11) is 3.19. The normalized spacial score (nSPS) is 10.6. The van der Waals surface area contributed by atoms with Gasteiger partial charge in [0.2, 0.25) is 0 Å². The molecule has 152 valence electrons. The van der Waals surface area contributed by atoms with E-state index < -0.39 is 0 Å². The minimum atomic E-state index is -0.358. The predicted molar refractivity (Wildman–Crippen MR) is 106 cm³/mol. The lowest BCUT2D eigenvalue weighted by Gasteiger charge is -2.08. The van der Waals surface area contributed by atoms with Gasteiger partial charge in [0.25, 0.3) is 0 Å². The number of nitrogens with one attached hydrogen (secondary N) is 2. The van der Waals surface area contributed by atoms with Crippen LogP contribution < -0.4 is 21.1 Å². The topological polar surface area (TPSA) is 90.2 Å². The first-order valence-electron chi connectivity index (χ1n) is 9.02. The van der Waals surface area contributed by atoms with E-state index >= 15 is 0 Å². The molecule has 3 aromatic rings. The molecular formula is C20H22FN5O3. The molecule has 0 unspecified atom stereocenters. The van der Waals surface area contributed by atoms with E-state index in [1.807, 2.05) is 24.3 Å². The van der Waals surface area contributed by atoms with Gasteiger partial charge in [0.1, 0.15) is 11.6 Å². The summed E-state index contributed by atoms with van der Waals surface area (Å²) >= 11 is 0. The third kappa shape index (κ3) is 5.01. The number of ether oxygens (including phenoxy) is 1. The van der Waals surface area contributed by atoms with Crippen molar-refractivity contribution in [3.63, 3.8) is 0 Å². The number of nitrogens with zero attached hydrogens (tertiary/aromatic N) is 3. The molecule has 9 heteroatoms. The van der Waals surface area contributed by atoms with Gasteiger partial charge < -0.3 is 15.4 Å². The van der Waals surface area contributed by atoms with Crippen LogP contribution in [0.2, 0.25) is 0 Å². The van der Waals surface area contributed by atoms with Crippen LogP contribution >= 0.6 is 0 Å². The monoisotopic (exact) mass is 399 g/mol. The highest BCUT2D eigenvalue weighted by Gasteiger charge is 2.12. The largest absolute Gasteiger partial charge is 0.497 e. The number of urea groups is 1. The summed E-state index contributed by atoms with van der Waals surface area (Å²) in [6.45, 7) is 0.812. The summed E-state index contributed by atoms with van der Waals surface area (Å²) in [5, 5.41) is 9.72. The zero-order valence-corrected chi connectivity index (χ0v) is 16.2. The summed E-state index contributed by atoms with van der Waals surface area (Å²) in [5.74, 6) is 0.820. The first-order chi connectivity index (χ1) is 14.0. The van der Waals surface area contributed by atoms with Gasteiger partial charge in [-0.1, -0.05) is 12.1 Å². The number of hydrogen-bond donors (Lipinski definition) is 2. The van der Waals surface area contributed by atoms with Crippen molar-refractivity contribution in [3.8, 4) is 17.1 Å². The van der Waals surface area contributed by atoms with Crippen LogP contribution in [0.4, 0.5) is 9.18 Å². The molecule has 0 aliphatic rings. The fourth-order valence-electron chi connectivity index (χ4n) is 2.75. The standard InChI is InChI=1S/C20H22FN5O3/c1-25-18(15-5-7-16(21)8-6-15)24-26(20(25)28)12-11-22-19(27)23-13-14-3-9-17(29-2)10-4-14/h3-10H,11-13H2,1-2H3,(H2,22,23,27). The molecule has 0 radical (unpaired) electrons. The van der Waals surface area contributed by atoms with Gasteiger partial charge in [-0.15, -0.1) is 5.10 Å². The van der Waals surface area contributed by atoms with Crippen LogP contribution in [0.25, 0.3) is 11.4 Å². The van der Waals surface area contributed by atoms with Gasteiger partial charge in [0, 0.05) is 25.7 Å². The molecule has 0 saturated heterocycles. The van der Waals surface area contributed by atoms with Crippen LogP contribution in [-0.2, 0) is 20.1 Å². The molecular weight excluding hydrogens is 377 g/mol. The zero-order valence-electron chi connectivity index (χ0n) is 16.2. The molecule has 1 aromatic heterocycles. The third-order valence-corrected chi connectivity index (χ3v) is 4.36. The zero-order chi connectivity index (χ0) is 20.8. The molecule has 2 amide bonds. The summed E-state index contributed by atoms with van der Waals surface area (Å²) in [4.78, 5) is 24.3. The van der Waals surface area contributed by atoms with Gasteiger partial charge in [-0.2, -0.15) is 0 Å². The molecule has 0 atom stereocenters. The molecule has 3 rings (SSSR count). The molecule has 2 aromatic carbocycles. The molecule has 8 nitrogen and oxygen atoms in total. The molecule has 0 fully saturated rings. The minimum Gasteiger partial charge on any atom is -0.497 e. The Morgan fingerprint density at radius 3 is 2.45 bits per heavy atom. The van der Waals surface area contributed by atoms with Crippen LogP contribution in [0.15, 0.2) is 53.3 Å². The quantitative estimate of drug-likeness (QED) is 0.635. The average Bonchev–Trinajstić information content (AvgIpc) is 3.02. The molecule has 2 N–H and O–H groups in total. The highest BCUT2D eigenvalue weighted by molar-refractivity contribution is 5.73. The Hall–Kier alpha value is -3.62. The number of methoxy groups -OCH3 is 1. The molecule has 0 aliphatic carbocycles. The average molecular weight is 399 g/mol. The molecule has 0 saturated carbocycles. The van der Waals surface area contributed by atoms with Crippen LogP contribution in [0, 0.1) is 5.82 Å². The van der Waals surface area contributed by atoms with E-state index in [1.54, 1.807) is 26.3 Å². The Kier molecular flexibility index (Phi) is 6.28. The first kappa shape index (κ1) is 20.1. The highest BCUT2D eigenvalue weighted by Crippen LogP contribution is 2.15. The fourth-order valence-corrected chi connectivity index (χ4v) is 2.75. The molecule has 1 heterocycles. The summed E-state index contributed by atoms with van der Waals surface area (Å²) in [5.41, 5.74) is 1.26. The third-order valence-electron chi connectivity index (χ3n) is 4.36. The summed E-state index contributed by atoms with van der Waals surface area (Å²) in [6.07, 6.45) is 0. The van der Waals surface area contributed by atoms with Gasteiger partial charge in [-0.3, -0.25) is 4.57 Å². The van der Waals surface area contributed by atoms with Crippen molar-refractivity contribution in [2.75, 3.05) is 13.7 Å². The summed E-state index contributed by atoms with van der Waals surface area (Å²) < 4.78 is 20.8. The van der Waals surface area contributed by atoms with Gasteiger partial charge in [0.05, 0.1) is 13.7 Å². The lowest BCUT2D eigenvalue weighted by atomic mass is 10.2. The second kappa shape index (κ2) is 9.05. The minimum absolute atomic E-state index is 0.212. The van der Waals surface area contributed by atoms with Crippen molar-refractivity contribution < 1.29 is 13.9 Å². The number of rotatable bonds is 7. The van der Waals surface area contributed by atoms with Gasteiger partial charge in [-0.25, -0.2) is 18.7 Å². The van der Waals surface area contributed by atoms with Crippen molar-refractivity contribution in [2.24, 2.45) is 7.05 Å². The van der Waals surface area contributed by atoms with Crippen LogP contribution in [0.3, 0.4) is 0 Å². The SMILES string of the molecule is COc1ccc(CNC(=O)NCCn2nc(-c3ccc(F)cc3)n(C)c2=O)cc1. The van der Waals surface area contributed by atoms with Gasteiger partial charge >= 0.3 is 11.7 Å². The Labute approximate surface area is 166 Å². The van der Waals surface area contributed by atoms with Crippen molar-refractivity contribution in [2.45, 2.75) is 13.1 Å². The first-order valence-corrected chi connectivity index (χ1v) is 9.02. The van der Waals surface area contributed by atoms with E-state index in [-0.39, 0.29) is 30.6 Å². The highest BCUT2D eigenvalue weighted by atomic mass is 19.1. The predicted octanol–water partition coefficient (Wildman–Crippen LogP) is 1.90. The maximum atomic E-state index is 13.1. The van der Waals surface area contributed by atoms with Crippen molar-refractivity contribution in [3.05, 3.63) is 70.4 Å². The van der Waals surface area contributed by atoms with Crippen molar-refractivity contribution >= 4 is 6.03 Å². The maximum absolute atomic E-state index is 13.1. The lowest BCUT2D eigenvalue weighted by molar-refractivity contribution is 0.240. The van der Waals surface area contributed by atoms with E-state index in [0.717, 1.165) is 11.3 Å². The van der Waals surface area contributed by atoms with E-state index in [2.05, 4.69) is 15.7 Å². The van der Waals surface area contributed by atoms with E-state index in [0.29, 0.717) is 17.9 Å². The number of amides is 2. The molecule has 0 aliphatic heterocycles. The number of carbonyl (C=O) groups excluding carboxylic acids is 1. The van der Waals surface area contributed by atoms with Crippen LogP contribution in [0.1, 0.15) is 5.56 Å². The molecule has 0 spiro atoms. The van der Waals surface area contributed by atoms with Crippen LogP contribution in [-0.4, -0.2) is 34.0 Å². The van der Waals surface area contributed by atoms with Gasteiger partial charge in [-0.05, 0) is 42.0 Å². The maximum Gasteiger partial charge on any atom is 0.345 e. The number of benzene rings is 2. The van der Waals surface area contributed by atoms with Gasteiger partial charge in [0.15, 0.2) is 5.82 Å². The fraction of sp³-hybridized carbons (Fsp3) is 0.250. The molecule has 29 heavy (non-hydrogen) atoms. The van der Waals surface area contributed by atoms with E-state index in [1.165, 1.54) is 21.4 Å². The molecule has 0 bridgehead atoms. The van der Waals surface area contributed by atoms with Crippen molar-refractivity contribution in [1.82, 2.24) is 25.0 Å². The Morgan fingerprint density at radius 2 is 1.79 bits per heavy atom. The Balaban J connectivity index is 1.52. The number of aromatic nitrogens is 3. The number of hydrogen-bond acceptors (Lipinski definition) is 4. The van der Waals surface area contributed by atoms with Crippen molar-refractivity contribution in [1.29, 1.82) is 0 Å². The Bertz CT molecular complexity index is 1030. The van der Waals surface area contributed by atoms with E-state index in [9.17, 15) is 14.0 Å². The van der Waals surface area contributed by atoms with Crippen LogP contribution in [0.5, 0.6) is 5.75 Å². The Morgan fingerprint density at radius 1 is 1.10 bits per heavy atom. The smallest absolute Gasteiger partial charge is 0.345 e.